The van der Waals surface area contributed by atoms with E-state index in [1.54, 1.807) is 12.1 Å². The van der Waals surface area contributed by atoms with E-state index >= 15 is 0 Å². The molecule has 5 nitrogen and oxygen atoms in total. The molecule has 3 N–H and O–H groups in total. The third-order valence-corrected chi connectivity index (χ3v) is 6.91. The Balaban J connectivity index is 1.26. The summed E-state index contributed by atoms with van der Waals surface area (Å²) in [7, 11) is 0. The summed E-state index contributed by atoms with van der Waals surface area (Å²) in [6.07, 6.45) is 7.26. The average Bonchev–Trinajstić information content (AvgIpc) is 2.69. The minimum absolute atomic E-state index is 0.126. The number of amides is 1. The highest BCUT2D eigenvalue weighted by atomic mass is 16.5. The van der Waals surface area contributed by atoms with E-state index in [-0.39, 0.29) is 12.5 Å². The minimum Gasteiger partial charge on any atom is -0.490 e. The van der Waals surface area contributed by atoms with Crippen molar-refractivity contribution in [2.24, 2.45) is 23.7 Å². The van der Waals surface area contributed by atoms with E-state index < -0.39 is 6.10 Å². The molecule has 1 unspecified atom stereocenters. The molecule has 1 aromatic carbocycles. The van der Waals surface area contributed by atoms with Gasteiger partial charge in [0.2, 0.25) is 0 Å². The summed E-state index contributed by atoms with van der Waals surface area (Å²) < 4.78 is 5.81. The van der Waals surface area contributed by atoms with Gasteiger partial charge in [0.15, 0.2) is 0 Å². The highest BCUT2D eigenvalue weighted by Crippen LogP contribution is 2.53. The van der Waals surface area contributed by atoms with Gasteiger partial charge in [-0.3, -0.25) is 4.79 Å². The normalized spacial score (nSPS) is 31.6. The molecule has 4 saturated carbocycles. The molecule has 0 aliphatic heterocycles. The van der Waals surface area contributed by atoms with Crippen LogP contribution < -0.4 is 15.4 Å². The number of ether oxygens (including phenoxy) is 1. The first-order valence-corrected chi connectivity index (χ1v) is 11.1. The Morgan fingerprint density at radius 1 is 1.14 bits per heavy atom. The molecule has 4 aliphatic carbocycles. The largest absolute Gasteiger partial charge is 0.490 e. The van der Waals surface area contributed by atoms with E-state index in [1.807, 2.05) is 19.1 Å². The molecule has 28 heavy (non-hydrogen) atoms. The predicted molar refractivity (Wildman–Crippen MR) is 109 cm³/mol. The fourth-order valence-corrected chi connectivity index (χ4v) is 5.89. The molecule has 5 heteroatoms. The number of carbonyl (C=O) groups is 1. The molecule has 0 radical (unpaired) electrons. The van der Waals surface area contributed by atoms with Crippen LogP contribution in [0.3, 0.4) is 0 Å². The molecule has 1 amide bonds. The van der Waals surface area contributed by atoms with E-state index in [9.17, 15) is 9.90 Å². The average molecular weight is 387 g/mol. The van der Waals surface area contributed by atoms with Gasteiger partial charge in [-0.15, -0.1) is 0 Å². The molecular formula is C23H34N2O3. The van der Waals surface area contributed by atoms with Crippen molar-refractivity contribution < 1.29 is 14.6 Å². The van der Waals surface area contributed by atoms with Crippen molar-refractivity contribution in [1.29, 1.82) is 0 Å². The zero-order valence-corrected chi connectivity index (χ0v) is 16.9. The third kappa shape index (κ3) is 4.36. The lowest BCUT2D eigenvalue weighted by Gasteiger charge is -2.54. The Morgan fingerprint density at radius 3 is 2.50 bits per heavy atom. The van der Waals surface area contributed by atoms with Crippen molar-refractivity contribution in [3.8, 4) is 5.75 Å². The van der Waals surface area contributed by atoms with Gasteiger partial charge < -0.3 is 20.5 Å². The second-order valence-electron chi connectivity index (χ2n) is 9.08. The fourth-order valence-electron chi connectivity index (χ4n) is 5.89. The predicted octanol–water partition coefficient (Wildman–Crippen LogP) is 2.98. The van der Waals surface area contributed by atoms with E-state index in [1.165, 1.54) is 32.1 Å². The molecular weight excluding hydrogens is 352 g/mol. The van der Waals surface area contributed by atoms with Gasteiger partial charge in [-0.2, -0.15) is 0 Å². The molecule has 0 saturated heterocycles. The second kappa shape index (κ2) is 8.83. The topological polar surface area (TPSA) is 70.6 Å². The van der Waals surface area contributed by atoms with Gasteiger partial charge in [-0.1, -0.05) is 19.1 Å². The number of aliphatic hydroxyl groups excluding tert-OH is 1. The van der Waals surface area contributed by atoms with Crippen molar-refractivity contribution in [3.05, 3.63) is 29.8 Å². The van der Waals surface area contributed by atoms with Crippen molar-refractivity contribution in [1.82, 2.24) is 10.6 Å². The zero-order chi connectivity index (χ0) is 19.5. The van der Waals surface area contributed by atoms with Crippen LogP contribution in [-0.4, -0.2) is 42.9 Å². The van der Waals surface area contributed by atoms with Gasteiger partial charge in [0.1, 0.15) is 18.5 Å². The quantitative estimate of drug-likeness (QED) is 0.610. The summed E-state index contributed by atoms with van der Waals surface area (Å²) in [5, 5.41) is 17.0. The Kier molecular flexibility index (Phi) is 6.22. The number of carbonyl (C=O) groups excluding carboxylic acids is 1. The molecule has 154 valence electrons. The lowest BCUT2D eigenvalue weighted by molar-refractivity contribution is -0.0189. The SMILES string of the molecule is CCCNC(=O)c1ccccc1OCC(O)CNC1C2CC3CC(C2)CC1C3. The molecule has 5 rings (SSSR count). The standard InChI is InChI=1S/C23H34N2O3/c1-2-7-24-23(27)20-5-3-4-6-21(20)28-14-19(26)13-25-22-17-9-15-8-16(11-17)12-18(22)10-15/h3-6,15-19,22,25-26H,2,7-14H2,1H3,(H,24,27). The van der Waals surface area contributed by atoms with Crippen LogP contribution in [0, 0.1) is 23.7 Å². The molecule has 1 atom stereocenters. The summed E-state index contributed by atoms with van der Waals surface area (Å²) in [5.41, 5.74) is 0.525. The van der Waals surface area contributed by atoms with Crippen LogP contribution in [-0.2, 0) is 0 Å². The van der Waals surface area contributed by atoms with Crippen LogP contribution in [0.5, 0.6) is 5.75 Å². The number of hydrogen-bond acceptors (Lipinski definition) is 4. The monoisotopic (exact) mass is 386 g/mol. The van der Waals surface area contributed by atoms with E-state index in [2.05, 4.69) is 10.6 Å². The number of hydrogen-bond donors (Lipinski definition) is 3. The maximum absolute atomic E-state index is 12.3. The first-order valence-electron chi connectivity index (χ1n) is 11.1. The van der Waals surface area contributed by atoms with Gasteiger partial charge in [-0.05, 0) is 74.3 Å². The summed E-state index contributed by atoms with van der Waals surface area (Å²) in [6.45, 7) is 3.41. The third-order valence-electron chi connectivity index (χ3n) is 6.91. The Morgan fingerprint density at radius 2 is 1.82 bits per heavy atom. The van der Waals surface area contributed by atoms with Crippen molar-refractivity contribution in [2.45, 2.75) is 57.6 Å². The molecule has 0 aromatic heterocycles. The Bertz CT molecular complexity index is 650. The summed E-state index contributed by atoms with van der Waals surface area (Å²) >= 11 is 0. The fraction of sp³-hybridized carbons (Fsp3) is 0.696. The smallest absolute Gasteiger partial charge is 0.255 e. The van der Waals surface area contributed by atoms with E-state index in [0.29, 0.717) is 30.4 Å². The van der Waals surface area contributed by atoms with Crippen LogP contribution in [0.25, 0.3) is 0 Å². The van der Waals surface area contributed by atoms with Crippen LogP contribution in [0.1, 0.15) is 55.8 Å². The van der Waals surface area contributed by atoms with Gasteiger partial charge in [0, 0.05) is 19.1 Å². The number of para-hydroxylation sites is 1. The highest BCUT2D eigenvalue weighted by Gasteiger charge is 2.47. The molecule has 0 spiro atoms. The van der Waals surface area contributed by atoms with Gasteiger partial charge in [0.25, 0.3) is 5.91 Å². The number of benzene rings is 1. The van der Waals surface area contributed by atoms with Gasteiger partial charge in [-0.25, -0.2) is 0 Å². The van der Waals surface area contributed by atoms with Crippen LogP contribution in [0.15, 0.2) is 24.3 Å². The summed E-state index contributed by atoms with van der Waals surface area (Å²) in [4.78, 5) is 12.3. The number of aliphatic hydroxyl groups is 1. The maximum Gasteiger partial charge on any atom is 0.255 e. The highest BCUT2D eigenvalue weighted by molar-refractivity contribution is 5.96. The van der Waals surface area contributed by atoms with Gasteiger partial charge in [0.05, 0.1) is 5.56 Å². The maximum atomic E-state index is 12.3. The summed E-state index contributed by atoms with van der Waals surface area (Å²) in [6, 6.07) is 7.80. The molecule has 4 fully saturated rings. The van der Waals surface area contributed by atoms with Crippen molar-refractivity contribution in [2.75, 3.05) is 19.7 Å². The van der Waals surface area contributed by atoms with Crippen molar-refractivity contribution in [3.63, 3.8) is 0 Å². The Labute approximate surface area is 168 Å². The van der Waals surface area contributed by atoms with Crippen LogP contribution in [0.4, 0.5) is 0 Å². The first-order chi connectivity index (χ1) is 13.6. The lowest BCUT2D eigenvalue weighted by Crippen LogP contribution is -2.55. The zero-order valence-electron chi connectivity index (χ0n) is 16.9. The first kappa shape index (κ1) is 19.7. The van der Waals surface area contributed by atoms with Crippen LogP contribution >= 0.6 is 0 Å². The molecule has 4 bridgehead atoms. The molecule has 1 aromatic rings. The van der Waals surface area contributed by atoms with Crippen LogP contribution in [0.2, 0.25) is 0 Å². The summed E-state index contributed by atoms with van der Waals surface area (Å²) in [5.74, 6) is 3.93. The number of nitrogens with one attached hydrogen (secondary N) is 2. The van der Waals surface area contributed by atoms with Gasteiger partial charge >= 0.3 is 0 Å². The number of rotatable bonds is 9. The molecule has 0 heterocycles. The molecule has 4 aliphatic rings. The van der Waals surface area contributed by atoms with Crippen molar-refractivity contribution >= 4 is 5.91 Å². The van der Waals surface area contributed by atoms with E-state index in [4.69, 9.17) is 4.74 Å². The van der Waals surface area contributed by atoms with E-state index in [0.717, 1.165) is 30.1 Å². The second-order valence-corrected chi connectivity index (χ2v) is 9.08. The Hall–Kier alpha value is -1.59. The lowest BCUT2D eigenvalue weighted by atomic mass is 9.54. The minimum atomic E-state index is -0.580.